The minimum absolute atomic E-state index is 0.0794. The lowest BCUT2D eigenvalue weighted by atomic mass is 10.2. The molecular formula is C20H17I6N3O9. The number of anilines is 2. The van der Waals surface area contributed by atoms with Gasteiger partial charge in [0.25, 0.3) is 0 Å². The van der Waals surface area contributed by atoms with Gasteiger partial charge >= 0.3 is 24.2 Å². The van der Waals surface area contributed by atoms with Gasteiger partial charge in [0.2, 0.25) is 0 Å². The summed E-state index contributed by atoms with van der Waals surface area (Å²) < 4.78 is 10.0. The monoisotopic (exact) mass is 1200 g/mol. The van der Waals surface area contributed by atoms with Crippen LogP contribution in [-0.4, -0.2) is 49.1 Å². The fourth-order valence-electron chi connectivity index (χ4n) is 2.13. The summed E-state index contributed by atoms with van der Waals surface area (Å²) in [4.78, 5) is 59.4. The van der Waals surface area contributed by atoms with Crippen LogP contribution in [0.25, 0.3) is 0 Å². The van der Waals surface area contributed by atoms with Crippen molar-refractivity contribution in [1.29, 1.82) is 0 Å². The first kappa shape index (κ1) is 40.2. The van der Waals surface area contributed by atoms with Crippen molar-refractivity contribution in [2.45, 2.75) is 13.0 Å². The average molecular weight is 1200 g/mol. The Balaban J connectivity index is 0. The molecule has 1 unspecified atom stereocenters. The van der Waals surface area contributed by atoms with E-state index in [0.717, 1.165) is 20.0 Å². The maximum Gasteiger partial charge on any atom is 0.373 e. The highest BCUT2D eigenvalue weighted by Crippen LogP contribution is 2.32. The van der Waals surface area contributed by atoms with Gasteiger partial charge in [0.05, 0.1) is 35.7 Å². The molecule has 2 rings (SSSR count). The second kappa shape index (κ2) is 21.7. The lowest BCUT2D eigenvalue weighted by Crippen LogP contribution is -2.21. The normalized spacial score (nSPS) is 9.92. The number of ether oxygens (including phenoxy) is 1. The Labute approximate surface area is 298 Å². The zero-order valence-corrected chi connectivity index (χ0v) is 32.0. The summed E-state index contributed by atoms with van der Waals surface area (Å²) >= 11 is 12.5. The molecule has 0 amide bonds. The molecule has 2 aromatic carbocycles. The topological polar surface area (TPSA) is 205 Å². The Morgan fingerprint density at radius 1 is 0.921 bits per heavy atom. The number of halogens is 6. The maximum absolute atomic E-state index is 11.7. The maximum atomic E-state index is 11.7. The smallest absolute Gasteiger partial charge is 0.373 e. The van der Waals surface area contributed by atoms with Crippen LogP contribution < -0.4 is 16.9 Å². The third kappa shape index (κ3) is 13.6. The van der Waals surface area contributed by atoms with Crippen LogP contribution in [0.4, 0.5) is 11.4 Å². The molecule has 0 saturated carbocycles. The number of aromatic carboxylic acids is 1. The minimum Gasteiger partial charge on any atom is -0.478 e. The summed E-state index contributed by atoms with van der Waals surface area (Å²) in [5.74, 6) is 3.51. The fraction of sp³-hybridized carbons (Fsp3) is 0.200. The van der Waals surface area contributed by atoms with Gasteiger partial charge in [-0.1, -0.05) is 0 Å². The first-order valence-electron chi connectivity index (χ1n) is 9.20. The van der Waals surface area contributed by atoms with Crippen molar-refractivity contribution in [3.8, 4) is 0 Å². The predicted octanol–water partition coefficient (Wildman–Crippen LogP) is 4.59. The Hall–Kier alpha value is 0.0400. The van der Waals surface area contributed by atoms with Crippen LogP contribution in [0.3, 0.4) is 0 Å². The Kier molecular flexibility index (Phi) is 23.0. The van der Waals surface area contributed by atoms with Gasteiger partial charge in [-0.25, -0.2) is 9.59 Å². The summed E-state index contributed by atoms with van der Waals surface area (Å²) in [5, 5.41) is 12.2. The molecule has 0 radical (unpaired) electrons. The number of hydrogen-bond acceptors (Lipinski definition) is 11. The molecule has 0 heterocycles. The highest BCUT2D eigenvalue weighted by Gasteiger charge is 2.21. The largest absolute Gasteiger partial charge is 0.478 e. The highest BCUT2D eigenvalue weighted by atomic mass is 127. The number of rotatable bonds is 6. The Bertz CT molecular complexity index is 1190. The number of benzene rings is 2. The Morgan fingerprint density at radius 2 is 1.37 bits per heavy atom. The molecule has 0 aliphatic carbocycles. The molecular weight excluding hydrogens is 1190 g/mol. The Morgan fingerprint density at radius 3 is 1.79 bits per heavy atom. The average Bonchev–Trinajstić information content (AvgIpc) is 2.83. The van der Waals surface area contributed by atoms with E-state index in [-0.39, 0.29) is 18.4 Å². The van der Waals surface area contributed by atoms with E-state index in [0.29, 0.717) is 30.5 Å². The summed E-state index contributed by atoms with van der Waals surface area (Å²) in [6.45, 7) is 2.62. The zero-order valence-electron chi connectivity index (χ0n) is 19.1. The van der Waals surface area contributed by atoms with Crippen LogP contribution in [0.5, 0.6) is 0 Å². The van der Waals surface area contributed by atoms with Crippen LogP contribution in [0, 0.1) is 21.4 Å². The van der Waals surface area contributed by atoms with Crippen LogP contribution >= 0.6 is 136 Å². The number of carbonyl (C=O) groups is 2. The molecule has 0 fully saturated rings. The second-order valence-corrected chi connectivity index (χ2v) is 13.0. The molecule has 12 nitrogen and oxygen atoms in total. The summed E-state index contributed by atoms with van der Waals surface area (Å²) in [7, 11) is 1.66. The molecule has 6 N–H and O–H groups in total. The molecule has 0 spiro atoms. The molecule has 208 valence electrons. The van der Waals surface area contributed by atoms with Crippen molar-refractivity contribution in [3.05, 3.63) is 44.7 Å². The molecule has 0 aromatic heterocycles. The van der Waals surface area contributed by atoms with E-state index >= 15 is 0 Å². The van der Waals surface area contributed by atoms with Gasteiger partial charge in [-0.15, -0.1) is 0 Å². The molecule has 0 aliphatic rings. The van der Waals surface area contributed by atoms with Crippen LogP contribution in [0.1, 0.15) is 27.6 Å². The molecule has 1 atom stereocenters. The van der Waals surface area contributed by atoms with Gasteiger partial charge in [-0.3, -0.25) is 0 Å². The van der Waals surface area contributed by atoms with E-state index in [1.165, 1.54) is 0 Å². The number of nitrogens with two attached hydrogens (primary N) is 2. The van der Waals surface area contributed by atoms with Gasteiger partial charge in [-0.05, 0) is 155 Å². The predicted molar refractivity (Wildman–Crippen MR) is 185 cm³/mol. The standard InChI is InChI=1S/C11H13I3N2O3.C7H4I3NO2.2CO2/c1-5(18-2)4-16-10-7(13)3-6(12)8(9(10)14)11(17)19-15;8-2-1-3(9)6(11)5(10)4(2)7(12)13;2*2-1-3/h3,5,16H,4,15H2,1-2H3;1H,11H2,(H,12,13);;. The number of nitrogen functional groups attached to an aromatic ring is 1. The van der Waals surface area contributed by atoms with E-state index in [1.54, 1.807) is 13.2 Å². The van der Waals surface area contributed by atoms with Gasteiger partial charge in [0, 0.05) is 27.9 Å². The first-order chi connectivity index (χ1) is 17.7. The quantitative estimate of drug-likeness (QED) is 0.178. The molecule has 38 heavy (non-hydrogen) atoms. The number of carbonyl (C=O) groups excluding carboxylic acids is 5. The van der Waals surface area contributed by atoms with Crippen molar-refractivity contribution >= 4 is 171 Å². The molecule has 2 aromatic rings. The fourth-order valence-corrected chi connectivity index (χ4v) is 10.2. The number of methoxy groups -OCH3 is 1. The molecule has 0 bridgehead atoms. The summed E-state index contributed by atoms with van der Waals surface area (Å²) in [6, 6.07) is 3.68. The van der Waals surface area contributed by atoms with Gasteiger partial charge in [0.1, 0.15) is 0 Å². The van der Waals surface area contributed by atoms with E-state index in [9.17, 15) is 9.59 Å². The third-order valence-corrected chi connectivity index (χ3v) is 9.51. The van der Waals surface area contributed by atoms with Crippen molar-refractivity contribution in [3.63, 3.8) is 0 Å². The second-order valence-electron chi connectivity index (χ2n) is 6.15. The summed E-state index contributed by atoms with van der Waals surface area (Å²) in [5.41, 5.74) is 7.92. The zero-order chi connectivity index (χ0) is 30.2. The van der Waals surface area contributed by atoms with Crippen molar-refractivity contribution < 1.29 is 43.4 Å². The summed E-state index contributed by atoms with van der Waals surface area (Å²) in [6.07, 6.45) is 0.579. The van der Waals surface area contributed by atoms with Crippen molar-refractivity contribution in [2.24, 2.45) is 5.90 Å². The van der Waals surface area contributed by atoms with Crippen molar-refractivity contribution in [2.75, 3.05) is 24.7 Å². The van der Waals surface area contributed by atoms with Crippen LogP contribution in [0.15, 0.2) is 12.1 Å². The van der Waals surface area contributed by atoms with Gasteiger partial charge < -0.3 is 25.7 Å². The number of hydrogen-bond donors (Lipinski definition) is 4. The minimum atomic E-state index is -0.933. The van der Waals surface area contributed by atoms with Crippen LogP contribution in [-0.2, 0) is 28.8 Å². The van der Waals surface area contributed by atoms with E-state index in [1.807, 2.05) is 58.2 Å². The molecule has 0 aliphatic heterocycles. The number of carboxylic acids is 1. The van der Waals surface area contributed by atoms with E-state index < -0.39 is 11.9 Å². The lowest BCUT2D eigenvalue weighted by Gasteiger charge is -2.17. The van der Waals surface area contributed by atoms with Crippen molar-refractivity contribution in [1.82, 2.24) is 0 Å². The number of nitrogens with one attached hydrogen (secondary N) is 1. The van der Waals surface area contributed by atoms with E-state index in [2.05, 4.69) is 101 Å². The first-order valence-corrected chi connectivity index (χ1v) is 15.7. The number of carboxylic acid groups (broad SMARTS) is 1. The molecule has 18 heteroatoms. The van der Waals surface area contributed by atoms with Gasteiger partial charge in [0.15, 0.2) is 0 Å². The van der Waals surface area contributed by atoms with Crippen LogP contribution in [0.2, 0.25) is 0 Å². The lowest BCUT2D eigenvalue weighted by molar-refractivity contribution is -0.193. The van der Waals surface area contributed by atoms with E-state index in [4.69, 9.17) is 40.7 Å². The third-order valence-electron chi connectivity index (χ3n) is 3.87. The highest BCUT2D eigenvalue weighted by molar-refractivity contribution is 14.1. The SMILES string of the molecule is COC(C)CNc1c(I)cc(I)c(C(=O)ON)c1I.Nc1c(I)cc(I)c(C(=O)O)c1I.O=C=O.O=C=O. The molecule has 0 saturated heterocycles. The van der Waals surface area contributed by atoms with Gasteiger partial charge in [-0.2, -0.15) is 25.1 Å².